The number of rotatable bonds is 4. The Bertz CT molecular complexity index is 470. The summed E-state index contributed by atoms with van der Waals surface area (Å²) in [4.78, 5) is 10.6. The van der Waals surface area contributed by atoms with Crippen molar-refractivity contribution in [3.8, 4) is 0 Å². The largest absolute Gasteiger partial charge is 0.357 e. The van der Waals surface area contributed by atoms with Gasteiger partial charge >= 0.3 is 0 Å². The molecule has 0 saturated carbocycles. The molecule has 4 nitrogen and oxygen atoms in total. The summed E-state index contributed by atoms with van der Waals surface area (Å²) in [5, 5.41) is 2.94. The van der Waals surface area contributed by atoms with Crippen LogP contribution in [0.1, 0.15) is 5.56 Å². The van der Waals surface area contributed by atoms with Crippen LogP contribution in [-0.4, -0.2) is 24.1 Å². The van der Waals surface area contributed by atoms with Crippen molar-refractivity contribution in [2.75, 3.05) is 24.3 Å². The number of benzene rings is 1. The molecule has 0 saturated heterocycles. The Morgan fingerprint density at radius 1 is 1.18 bits per heavy atom. The molecule has 0 aliphatic rings. The number of nitrogens with one attached hydrogen (secondary N) is 1. The minimum absolute atomic E-state index is 0.641. The Balaban J connectivity index is 2.11. The van der Waals surface area contributed by atoms with Gasteiger partial charge in [0.05, 0.1) is 0 Å². The van der Waals surface area contributed by atoms with Crippen LogP contribution in [0.15, 0.2) is 42.6 Å². The van der Waals surface area contributed by atoms with Crippen LogP contribution in [0.2, 0.25) is 0 Å². The Hall–Kier alpha value is -2.10. The van der Waals surface area contributed by atoms with E-state index < -0.39 is 0 Å². The van der Waals surface area contributed by atoms with Crippen LogP contribution in [0, 0.1) is 0 Å². The second-order valence-corrected chi connectivity index (χ2v) is 3.83. The third-order valence-corrected chi connectivity index (χ3v) is 2.52. The van der Waals surface area contributed by atoms with Crippen LogP contribution in [-0.2, 0) is 6.54 Å². The highest BCUT2D eigenvalue weighted by atomic mass is 15.2. The first kappa shape index (κ1) is 11.4. The molecule has 2 aromatic rings. The molecular formula is C13H16N4. The Labute approximate surface area is 101 Å². The summed E-state index contributed by atoms with van der Waals surface area (Å²) in [6, 6.07) is 12.2. The van der Waals surface area contributed by atoms with Crippen LogP contribution in [0.4, 0.5) is 11.8 Å². The zero-order valence-electron chi connectivity index (χ0n) is 10.1. The van der Waals surface area contributed by atoms with Gasteiger partial charge in [0.15, 0.2) is 0 Å². The summed E-state index contributed by atoms with van der Waals surface area (Å²) in [5.41, 5.74) is 1.26. The summed E-state index contributed by atoms with van der Waals surface area (Å²) >= 11 is 0. The number of hydrogen-bond acceptors (Lipinski definition) is 4. The topological polar surface area (TPSA) is 41.1 Å². The zero-order chi connectivity index (χ0) is 12.1. The Morgan fingerprint density at radius 2 is 1.94 bits per heavy atom. The van der Waals surface area contributed by atoms with Crippen molar-refractivity contribution in [3.63, 3.8) is 0 Å². The van der Waals surface area contributed by atoms with Crippen molar-refractivity contribution in [1.29, 1.82) is 0 Å². The van der Waals surface area contributed by atoms with Crippen molar-refractivity contribution >= 4 is 11.8 Å². The lowest BCUT2D eigenvalue weighted by Crippen LogP contribution is -2.18. The SMILES string of the molecule is CNc1nccc(N(C)Cc2ccccc2)n1. The molecule has 0 spiro atoms. The molecule has 0 amide bonds. The van der Waals surface area contributed by atoms with Gasteiger partial charge in [-0.3, -0.25) is 0 Å². The van der Waals surface area contributed by atoms with E-state index in [1.807, 2.05) is 38.4 Å². The van der Waals surface area contributed by atoms with Crippen molar-refractivity contribution in [2.45, 2.75) is 6.54 Å². The van der Waals surface area contributed by atoms with Gasteiger partial charge in [-0.1, -0.05) is 30.3 Å². The maximum atomic E-state index is 4.39. The lowest BCUT2D eigenvalue weighted by molar-refractivity contribution is 0.892. The predicted molar refractivity (Wildman–Crippen MR) is 70.1 cm³/mol. The number of nitrogens with zero attached hydrogens (tertiary/aromatic N) is 3. The highest BCUT2D eigenvalue weighted by Gasteiger charge is 2.04. The Morgan fingerprint density at radius 3 is 2.65 bits per heavy atom. The van der Waals surface area contributed by atoms with Crippen molar-refractivity contribution in [1.82, 2.24) is 9.97 Å². The van der Waals surface area contributed by atoms with Crippen LogP contribution in [0.5, 0.6) is 0 Å². The van der Waals surface area contributed by atoms with E-state index in [0.29, 0.717) is 5.95 Å². The number of aromatic nitrogens is 2. The summed E-state index contributed by atoms with van der Waals surface area (Å²) in [6.07, 6.45) is 1.76. The van der Waals surface area contributed by atoms with Gasteiger partial charge in [-0.2, -0.15) is 4.98 Å². The van der Waals surface area contributed by atoms with E-state index in [0.717, 1.165) is 12.4 Å². The summed E-state index contributed by atoms with van der Waals surface area (Å²) in [5.74, 6) is 1.55. The first-order valence-corrected chi connectivity index (χ1v) is 5.55. The van der Waals surface area contributed by atoms with E-state index in [1.165, 1.54) is 5.56 Å². The Kier molecular flexibility index (Phi) is 3.55. The minimum atomic E-state index is 0.641. The van der Waals surface area contributed by atoms with E-state index in [2.05, 4.69) is 32.3 Å². The molecule has 0 aliphatic heterocycles. The molecule has 17 heavy (non-hydrogen) atoms. The molecule has 1 aromatic carbocycles. The van der Waals surface area contributed by atoms with Crippen LogP contribution >= 0.6 is 0 Å². The molecule has 2 rings (SSSR count). The molecule has 0 bridgehead atoms. The normalized spacial score (nSPS) is 10.0. The molecule has 0 fully saturated rings. The standard InChI is InChI=1S/C13H16N4/c1-14-13-15-9-8-12(16-13)17(2)10-11-6-4-3-5-7-11/h3-9H,10H2,1-2H3,(H,14,15,16). The molecule has 88 valence electrons. The smallest absolute Gasteiger partial charge is 0.224 e. The highest BCUT2D eigenvalue weighted by molar-refractivity contribution is 5.42. The lowest BCUT2D eigenvalue weighted by Gasteiger charge is -2.18. The summed E-state index contributed by atoms with van der Waals surface area (Å²) in [7, 11) is 3.84. The van der Waals surface area contributed by atoms with Gasteiger partial charge in [0.25, 0.3) is 0 Å². The van der Waals surface area contributed by atoms with E-state index in [1.54, 1.807) is 6.20 Å². The molecule has 1 aromatic heterocycles. The first-order valence-electron chi connectivity index (χ1n) is 5.55. The monoisotopic (exact) mass is 228 g/mol. The van der Waals surface area contributed by atoms with E-state index in [4.69, 9.17) is 0 Å². The quantitative estimate of drug-likeness (QED) is 0.870. The third kappa shape index (κ3) is 2.93. The van der Waals surface area contributed by atoms with E-state index in [-0.39, 0.29) is 0 Å². The summed E-state index contributed by atoms with van der Waals surface area (Å²) in [6.45, 7) is 0.834. The molecular weight excluding hydrogens is 212 g/mol. The first-order chi connectivity index (χ1) is 8.29. The van der Waals surface area contributed by atoms with Gasteiger partial charge < -0.3 is 10.2 Å². The molecule has 0 aliphatic carbocycles. The van der Waals surface area contributed by atoms with Crippen LogP contribution < -0.4 is 10.2 Å². The van der Waals surface area contributed by atoms with Gasteiger partial charge in [0, 0.05) is 26.8 Å². The maximum absolute atomic E-state index is 4.39. The molecule has 0 radical (unpaired) electrons. The fraction of sp³-hybridized carbons (Fsp3) is 0.231. The van der Waals surface area contributed by atoms with Crippen LogP contribution in [0.3, 0.4) is 0 Å². The lowest BCUT2D eigenvalue weighted by atomic mass is 10.2. The van der Waals surface area contributed by atoms with Crippen molar-refractivity contribution in [2.24, 2.45) is 0 Å². The van der Waals surface area contributed by atoms with Gasteiger partial charge in [-0.15, -0.1) is 0 Å². The van der Waals surface area contributed by atoms with Crippen molar-refractivity contribution < 1.29 is 0 Å². The summed E-state index contributed by atoms with van der Waals surface area (Å²) < 4.78 is 0. The van der Waals surface area contributed by atoms with E-state index >= 15 is 0 Å². The number of anilines is 2. The predicted octanol–water partition coefficient (Wildman–Crippen LogP) is 2.15. The minimum Gasteiger partial charge on any atom is -0.357 e. The third-order valence-electron chi connectivity index (χ3n) is 2.52. The van der Waals surface area contributed by atoms with Gasteiger partial charge in [-0.05, 0) is 11.6 Å². The molecule has 0 unspecified atom stereocenters. The molecule has 1 N–H and O–H groups in total. The highest BCUT2D eigenvalue weighted by Crippen LogP contribution is 2.13. The number of hydrogen-bond donors (Lipinski definition) is 1. The van der Waals surface area contributed by atoms with Gasteiger partial charge in [-0.25, -0.2) is 4.98 Å². The average Bonchev–Trinajstić information content (AvgIpc) is 2.40. The second kappa shape index (κ2) is 5.30. The van der Waals surface area contributed by atoms with Gasteiger partial charge in [0.2, 0.25) is 5.95 Å². The molecule has 1 heterocycles. The zero-order valence-corrected chi connectivity index (χ0v) is 10.1. The average molecular weight is 228 g/mol. The molecule has 0 atom stereocenters. The van der Waals surface area contributed by atoms with Gasteiger partial charge in [0.1, 0.15) is 5.82 Å². The van der Waals surface area contributed by atoms with Crippen LogP contribution in [0.25, 0.3) is 0 Å². The fourth-order valence-corrected chi connectivity index (χ4v) is 1.62. The fourth-order valence-electron chi connectivity index (χ4n) is 1.62. The second-order valence-electron chi connectivity index (χ2n) is 3.83. The maximum Gasteiger partial charge on any atom is 0.224 e. The molecule has 4 heteroatoms. The van der Waals surface area contributed by atoms with E-state index in [9.17, 15) is 0 Å². The van der Waals surface area contributed by atoms with Crippen molar-refractivity contribution in [3.05, 3.63) is 48.2 Å².